The van der Waals surface area contributed by atoms with Crippen LogP contribution in [0.3, 0.4) is 0 Å². The molecule has 8 heteroatoms. The zero-order valence-corrected chi connectivity index (χ0v) is 8.51. The summed E-state index contributed by atoms with van der Waals surface area (Å²) in [5.41, 5.74) is 1.97. The lowest BCUT2D eigenvalue weighted by atomic mass is 10.4. The van der Waals surface area contributed by atoms with Gasteiger partial charge in [0.05, 0.1) is 4.92 Å². The number of nitrogen functional groups attached to an aromatic ring is 1. The van der Waals surface area contributed by atoms with Crippen molar-refractivity contribution in [2.75, 3.05) is 17.3 Å². The minimum Gasteiger partial charge on any atom is -0.364 e. The average Bonchev–Trinajstić information content (AvgIpc) is 3.09. The van der Waals surface area contributed by atoms with Gasteiger partial charge >= 0.3 is 5.69 Å². The van der Waals surface area contributed by atoms with E-state index in [9.17, 15) is 10.1 Å². The SMILES string of the molecule is NNc1ncnc(NCC2CC2)c1[N+](=O)[O-]. The Hall–Kier alpha value is -1.96. The first kappa shape index (κ1) is 10.6. The van der Waals surface area contributed by atoms with Gasteiger partial charge in [-0.05, 0) is 18.8 Å². The van der Waals surface area contributed by atoms with Crippen LogP contribution in [0, 0.1) is 16.0 Å². The molecule has 1 saturated carbocycles. The smallest absolute Gasteiger partial charge is 0.354 e. The molecule has 86 valence electrons. The number of nitrogens with one attached hydrogen (secondary N) is 2. The summed E-state index contributed by atoms with van der Waals surface area (Å²) < 4.78 is 0. The molecule has 16 heavy (non-hydrogen) atoms. The zero-order valence-electron chi connectivity index (χ0n) is 8.51. The van der Waals surface area contributed by atoms with Crippen LogP contribution >= 0.6 is 0 Å². The molecule has 2 rings (SSSR count). The molecule has 1 aliphatic rings. The van der Waals surface area contributed by atoms with Crippen molar-refractivity contribution in [2.45, 2.75) is 12.8 Å². The van der Waals surface area contributed by atoms with E-state index in [1.807, 2.05) is 0 Å². The topological polar surface area (TPSA) is 119 Å². The van der Waals surface area contributed by atoms with Crippen molar-refractivity contribution >= 4 is 17.3 Å². The maximum atomic E-state index is 10.9. The summed E-state index contributed by atoms with van der Waals surface area (Å²) in [4.78, 5) is 17.8. The fourth-order valence-corrected chi connectivity index (χ4v) is 1.35. The highest BCUT2D eigenvalue weighted by Crippen LogP contribution is 2.32. The normalized spacial score (nSPS) is 14.6. The predicted octanol–water partition coefficient (Wildman–Crippen LogP) is 0.492. The Labute approximate surface area is 91.4 Å². The monoisotopic (exact) mass is 224 g/mol. The predicted molar refractivity (Wildman–Crippen MR) is 57.7 cm³/mol. The number of hydrogen-bond acceptors (Lipinski definition) is 7. The molecule has 1 aromatic heterocycles. The molecule has 0 aliphatic heterocycles. The third kappa shape index (κ3) is 2.16. The number of aromatic nitrogens is 2. The van der Waals surface area contributed by atoms with E-state index >= 15 is 0 Å². The summed E-state index contributed by atoms with van der Waals surface area (Å²) in [6.07, 6.45) is 3.55. The molecule has 0 bridgehead atoms. The first-order valence-corrected chi connectivity index (χ1v) is 4.92. The molecule has 1 aliphatic carbocycles. The second-order valence-electron chi connectivity index (χ2n) is 3.65. The second-order valence-corrected chi connectivity index (χ2v) is 3.65. The molecule has 0 atom stereocenters. The van der Waals surface area contributed by atoms with Gasteiger partial charge in [0.1, 0.15) is 6.33 Å². The van der Waals surface area contributed by atoms with E-state index in [4.69, 9.17) is 5.84 Å². The van der Waals surface area contributed by atoms with Crippen molar-refractivity contribution < 1.29 is 4.92 Å². The minimum absolute atomic E-state index is 0.0123. The number of hydrogen-bond donors (Lipinski definition) is 3. The quantitative estimate of drug-likeness (QED) is 0.378. The maximum Gasteiger partial charge on any atom is 0.354 e. The summed E-state index contributed by atoms with van der Waals surface area (Å²) in [5, 5.41) is 13.8. The number of nitrogens with two attached hydrogens (primary N) is 1. The van der Waals surface area contributed by atoms with E-state index in [2.05, 4.69) is 20.7 Å². The molecule has 1 heterocycles. The standard InChI is InChI=1S/C8H12N6O2/c9-13-8-6(14(15)16)7(11-4-12-8)10-3-5-1-2-5/h4-5H,1-3,9H2,(H2,10,11,12,13). The van der Waals surface area contributed by atoms with Gasteiger partial charge in [-0.2, -0.15) is 0 Å². The first-order chi connectivity index (χ1) is 7.72. The van der Waals surface area contributed by atoms with Gasteiger partial charge < -0.3 is 10.7 Å². The minimum atomic E-state index is -0.551. The molecule has 1 fully saturated rings. The zero-order chi connectivity index (χ0) is 11.5. The molecule has 0 aromatic carbocycles. The molecule has 0 radical (unpaired) electrons. The van der Waals surface area contributed by atoms with E-state index in [0.717, 1.165) is 12.8 Å². The number of nitrogens with zero attached hydrogens (tertiary/aromatic N) is 3. The van der Waals surface area contributed by atoms with Crippen LogP contribution in [0.4, 0.5) is 17.3 Å². The lowest BCUT2D eigenvalue weighted by Gasteiger charge is -2.06. The molecular formula is C8H12N6O2. The Bertz CT molecular complexity index is 406. The first-order valence-electron chi connectivity index (χ1n) is 4.92. The van der Waals surface area contributed by atoms with Crippen LogP contribution in [0.1, 0.15) is 12.8 Å². The molecule has 0 saturated heterocycles. The highest BCUT2D eigenvalue weighted by atomic mass is 16.6. The summed E-state index contributed by atoms with van der Waals surface area (Å²) in [6.45, 7) is 0.696. The van der Waals surface area contributed by atoms with Crippen molar-refractivity contribution in [1.82, 2.24) is 9.97 Å². The van der Waals surface area contributed by atoms with E-state index in [1.54, 1.807) is 0 Å². The van der Waals surface area contributed by atoms with Gasteiger partial charge in [0.15, 0.2) is 0 Å². The second kappa shape index (κ2) is 4.27. The molecular weight excluding hydrogens is 212 g/mol. The van der Waals surface area contributed by atoms with Crippen molar-refractivity contribution in [1.29, 1.82) is 0 Å². The van der Waals surface area contributed by atoms with Crippen LogP contribution < -0.4 is 16.6 Å². The van der Waals surface area contributed by atoms with Gasteiger partial charge in [-0.1, -0.05) is 0 Å². The summed E-state index contributed by atoms with van der Waals surface area (Å²) >= 11 is 0. The van der Waals surface area contributed by atoms with Crippen molar-refractivity contribution in [3.05, 3.63) is 16.4 Å². The number of hydrazine groups is 1. The van der Waals surface area contributed by atoms with E-state index in [-0.39, 0.29) is 17.3 Å². The fourth-order valence-electron chi connectivity index (χ4n) is 1.35. The van der Waals surface area contributed by atoms with Gasteiger partial charge in [-0.25, -0.2) is 15.8 Å². The molecule has 0 amide bonds. The van der Waals surface area contributed by atoms with Crippen molar-refractivity contribution in [3.63, 3.8) is 0 Å². The van der Waals surface area contributed by atoms with E-state index < -0.39 is 4.92 Å². The average molecular weight is 224 g/mol. The van der Waals surface area contributed by atoms with Gasteiger partial charge in [0.25, 0.3) is 0 Å². The fraction of sp³-hybridized carbons (Fsp3) is 0.500. The summed E-state index contributed by atoms with van der Waals surface area (Å²) in [6, 6.07) is 0. The number of rotatable bonds is 5. The Morgan fingerprint density at radius 3 is 2.75 bits per heavy atom. The molecule has 8 nitrogen and oxygen atoms in total. The third-order valence-electron chi connectivity index (χ3n) is 2.40. The van der Waals surface area contributed by atoms with Gasteiger partial charge in [-0.3, -0.25) is 10.1 Å². The Morgan fingerprint density at radius 2 is 2.19 bits per heavy atom. The van der Waals surface area contributed by atoms with E-state index in [0.29, 0.717) is 12.5 Å². The third-order valence-corrected chi connectivity index (χ3v) is 2.40. The Kier molecular flexibility index (Phi) is 2.82. The summed E-state index contributed by atoms with van der Waals surface area (Å²) in [7, 11) is 0. The van der Waals surface area contributed by atoms with Gasteiger partial charge in [0, 0.05) is 6.54 Å². The molecule has 0 unspecified atom stereocenters. The Morgan fingerprint density at radius 1 is 1.50 bits per heavy atom. The van der Waals surface area contributed by atoms with Gasteiger partial charge in [0.2, 0.25) is 11.6 Å². The molecule has 0 spiro atoms. The highest BCUT2D eigenvalue weighted by molar-refractivity contribution is 5.68. The van der Waals surface area contributed by atoms with Crippen LogP contribution in [-0.2, 0) is 0 Å². The number of anilines is 2. The molecule has 4 N–H and O–H groups in total. The van der Waals surface area contributed by atoms with Crippen molar-refractivity contribution in [2.24, 2.45) is 11.8 Å². The lowest BCUT2D eigenvalue weighted by molar-refractivity contribution is -0.383. The highest BCUT2D eigenvalue weighted by Gasteiger charge is 2.25. The Balaban J connectivity index is 2.22. The van der Waals surface area contributed by atoms with Crippen LogP contribution in [-0.4, -0.2) is 21.4 Å². The van der Waals surface area contributed by atoms with Crippen LogP contribution in [0.5, 0.6) is 0 Å². The molecule has 1 aromatic rings. The van der Waals surface area contributed by atoms with Gasteiger partial charge in [-0.15, -0.1) is 0 Å². The largest absolute Gasteiger partial charge is 0.364 e. The van der Waals surface area contributed by atoms with Crippen LogP contribution in [0.15, 0.2) is 6.33 Å². The van der Waals surface area contributed by atoms with E-state index in [1.165, 1.54) is 6.33 Å². The number of nitro groups is 1. The summed E-state index contributed by atoms with van der Waals surface area (Å²) in [5.74, 6) is 5.97. The maximum absolute atomic E-state index is 10.9. The van der Waals surface area contributed by atoms with Crippen LogP contribution in [0.25, 0.3) is 0 Å². The van der Waals surface area contributed by atoms with Crippen molar-refractivity contribution in [3.8, 4) is 0 Å². The lowest BCUT2D eigenvalue weighted by Crippen LogP contribution is -2.14. The van der Waals surface area contributed by atoms with Crippen LogP contribution in [0.2, 0.25) is 0 Å².